The van der Waals surface area contributed by atoms with Crippen LogP contribution in [0, 0.1) is 0 Å². The van der Waals surface area contributed by atoms with Crippen molar-refractivity contribution in [2.45, 2.75) is 53.4 Å². The first-order valence-corrected chi connectivity index (χ1v) is 15.2. The molecule has 1 aromatic heterocycles. The summed E-state index contributed by atoms with van der Waals surface area (Å²) in [7, 11) is -1.09. The minimum Gasteiger partial charge on any atom is -0.322 e. The fraction of sp³-hybridized carbons (Fsp3) is 0.323. The summed E-state index contributed by atoms with van der Waals surface area (Å²) in [6.07, 6.45) is 7.29. The van der Waals surface area contributed by atoms with Gasteiger partial charge in [0.25, 0.3) is 5.91 Å². The minimum absolute atomic E-state index is 0.256. The van der Waals surface area contributed by atoms with Crippen LogP contribution in [0.25, 0.3) is 22.3 Å². The molecule has 0 spiro atoms. The van der Waals surface area contributed by atoms with Gasteiger partial charge in [-0.15, -0.1) is 0 Å². The average molecular weight is 565 g/mol. The van der Waals surface area contributed by atoms with Crippen LogP contribution in [0.5, 0.6) is 0 Å². The maximum Gasteiger partial charge on any atom is 0.255 e. The first-order chi connectivity index (χ1) is 18.9. The number of nitrogens with one attached hydrogen (secondary N) is 1. The van der Waals surface area contributed by atoms with Crippen LogP contribution in [0.1, 0.15) is 63.7 Å². The van der Waals surface area contributed by atoms with E-state index in [4.69, 9.17) is 11.6 Å². The summed E-state index contributed by atoms with van der Waals surface area (Å²) in [4.78, 5) is 21.8. The van der Waals surface area contributed by atoms with Gasteiger partial charge >= 0.3 is 0 Å². The van der Waals surface area contributed by atoms with Crippen LogP contribution < -0.4 is 9.62 Å². The molecule has 1 atom stereocenters. The maximum absolute atomic E-state index is 12.8. The zero-order valence-corrected chi connectivity index (χ0v) is 24.7. The van der Waals surface area contributed by atoms with Gasteiger partial charge in [-0.2, -0.15) is 0 Å². The zero-order chi connectivity index (χ0) is 28.2. The highest BCUT2D eigenvalue weighted by Gasteiger charge is 2.14. The number of aromatic nitrogens is 2. The summed E-state index contributed by atoms with van der Waals surface area (Å²) >= 11 is 6.41. The molecule has 8 heteroatoms. The van der Waals surface area contributed by atoms with Gasteiger partial charge in [-0.25, -0.2) is 14.2 Å². The van der Waals surface area contributed by atoms with Crippen molar-refractivity contribution in [1.82, 2.24) is 9.97 Å². The number of para-hydroxylation sites is 1. The van der Waals surface area contributed by atoms with Crippen molar-refractivity contribution in [3.8, 4) is 11.4 Å². The van der Waals surface area contributed by atoms with Crippen molar-refractivity contribution in [1.29, 1.82) is 0 Å². The number of anilines is 2. The lowest BCUT2D eigenvalue weighted by molar-refractivity contribution is 0.102. The van der Waals surface area contributed by atoms with E-state index in [1.54, 1.807) is 40.8 Å². The van der Waals surface area contributed by atoms with E-state index in [1.165, 1.54) is 25.7 Å². The smallest absolute Gasteiger partial charge is 0.255 e. The third kappa shape index (κ3) is 8.35. The molecule has 0 bridgehead atoms. The van der Waals surface area contributed by atoms with Gasteiger partial charge in [0.1, 0.15) is 11.0 Å². The molecule has 0 saturated carbocycles. The van der Waals surface area contributed by atoms with Crippen molar-refractivity contribution in [3.05, 3.63) is 83.5 Å². The van der Waals surface area contributed by atoms with E-state index in [2.05, 4.69) is 29.1 Å². The molecule has 1 unspecified atom stereocenters. The lowest BCUT2D eigenvalue weighted by Crippen LogP contribution is -2.26. The van der Waals surface area contributed by atoms with E-state index in [0.29, 0.717) is 40.0 Å². The number of hydrogen-bond acceptors (Lipinski definition) is 4. The molecule has 0 radical (unpaired) electrons. The van der Waals surface area contributed by atoms with Crippen molar-refractivity contribution in [2.75, 3.05) is 21.9 Å². The molecule has 39 heavy (non-hydrogen) atoms. The minimum atomic E-state index is -1.09. The highest BCUT2D eigenvalue weighted by molar-refractivity contribution is 7.86. The molecule has 0 fully saturated rings. The molecule has 0 aliphatic rings. The van der Waals surface area contributed by atoms with Crippen LogP contribution in [0.4, 0.5) is 11.4 Å². The molecule has 4 aromatic rings. The third-order valence-electron chi connectivity index (χ3n) is 6.11. The highest BCUT2D eigenvalue weighted by atomic mass is 35.5. The van der Waals surface area contributed by atoms with Crippen LogP contribution in [0.15, 0.2) is 72.9 Å². The summed E-state index contributed by atoms with van der Waals surface area (Å²) in [6, 6.07) is 20.0. The van der Waals surface area contributed by atoms with Crippen LogP contribution in [0.2, 0.25) is 5.02 Å². The Bertz CT molecular complexity index is 1390. The van der Waals surface area contributed by atoms with Gasteiger partial charge in [-0.1, -0.05) is 76.3 Å². The molecule has 0 saturated heterocycles. The number of hydrogen-bond donors (Lipinski definition) is 1. The van der Waals surface area contributed by atoms with E-state index < -0.39 is 11.0 Å². The predicted octanol–water partition coefficient (Wildman–Crippen LogP) is 8.30. The van der Waals surface area contributed by atoms with Gasteiger partial charge < -0.3 is 5.32 Å². The summed E-state index contributed by atoms with van der Waals surface area (Å²) in [5, 5.41) is 4.34. The predicted molar refractivity (Wildman–Crippen MR) is 166 cm³/mol. The molecule has 3 aromatic carbocycles. The maximum atomic E-state index is 12.8. The van der Waals surface area contributed by atoms with Crippen molar-refractivity contribution in [2.24, 2.45) is 0 Å². The number of nitrogens with zero attached hydrogens (tertiary/aromatic N) is 3. The first-order valence-electron chi connectivity index (χ1n) is 13.5. The van der Waals surface area contributed by atoms with Gasteiger partial charge in [-0.3, -0.25) is 9.10 Å². The van der Waals surface area contributed by atoms with Crippen molar-refractivity contribution in [3.63, 3.8) is 0 Å². The second-order valence-corrected chi connectivity index (χ2v) is 11.0. The Labute approximate surface area is 239 Å². The molecule has 4 rings (SSSR count). The van der Waals surface area contributed by atoms with E-state index >= 15 is 0 Å². The van der Waals surface area contributed by atoms with Gasteiger partial charge in [0.15, 0.2) is 5.82 Å². The molecule has 1 N–H and O–H groups in total. The summed E-state index contributed by atoms with van der Waals surface area (Å²) in [5.41, 5.74) is 3.35. The quantitative estimate of drug-likeness (QED) is 0.196. The topological polar surface area (TPSA) is 75.2 Å². The number of halogens is 1. The van der Waals surface area contributed by atoms with E-state index in [9.17, 15) is 9.00 Å². The SMILES string of the molecule is CCCCCC.CCN(c1ccc(C(=O)Nc2ccc(Cl)c(-c3ncc4ccccc4n3)c2)cc1)S(=O)CC. The normalized spacial score (nSPS) is 11.4. The number of carbonyl (C=O) groups excluding carboxylic acids is 1. The second-order valence-electron chi connectivity index (χ2n) is 8.96. The Kier molecular flexibility index (Phi) is 11.9. The Morgan fingerprint density at radius 2 is 1.64 bits per heavy atom. The summed E-state index contributed by atoms with van der Waals surface area (Å²) in [5.74, 6) is 0.771. The van der Waals surface area contributed by atoms with Crippen molar-refractivity contribution < 1.29 is 9.00 Å². The summed E-state index contributed by atoms with van der Waals surface area (Å²) < 4.78 is 14.0. The summed E-state index contributed by atoms with van der Waals surface area (Å²) in [6.45, 7) is 8.91. The first kappa shape index (κ1) is 30.3. The number of benzene rings is 3. The van der Waals surface area contributed by atoms with Gasteiger partial charge in [0.2, 0.25) is 0 Å². The fourth-order valence-electron chi connectivity index (χ4n) is 3.96. The standard InChI is InChI=1S/C25H23ClN4O2S.C6H14/c1-3-30(33(32)4-2)20-12-9-17(10-13-20)25(31)28-19-11-14-22(26)21(15-19)24-27-16-18-7-5-6-8-23(18)29-24;1-3-5-6-4-2/h5-16H,3-4H2,1-2H3,(H,28,31);3-6H2,1-2H3. The Morgan fingerprint density at radius 3 is 2.28 bits per heavy atom. The van der Waals surface area contributed by atoms with E-state index in [0.717, 1.165) is 16.6 Å². The molecular formula is C31H37ClN4O2S. The Morgan fingerprint density at radius 1 is 0.949 bits per heavy atom. The molecule has 206 valence electrons. The third-order valence-corrected chi connectivity index (χ3v) is 7.89. The van der Waals surface area contributed by atoms with Crippen LogP contribution in [0.3, 0.4) is 0 Å². The largest absolute Gasteiger partial charge is 0.322 e. The number of amides is 1. The second kappa shape index (κ2) is 15.3. The molecule has 0 aliphatic carbocycles. The van der Waals surface area contributed by atoms with E-state index in [-0.39, 0.29) is 5.91 Å². The van der Waals surface area contributed by atoms with Crippen LogP contribution in [-0.4, -0.2) is 32.4 Å². The molecule has 1 amide bonds. The Hall–Kier alpha value is -3.29. The monoisotopic (exact) mass is 564 g/mol. The number of unbranched alkanes of at least 4 members (excludes halogenated alkanes) is 3. The van der Waals surface area contributed by atoms with Crippen molar-refractivity contribution >= 4 is 50.8 Å². The fourth-order valence-corrected chi connectivity index (χ4v) is 5.12. The number of carbonyl (C=O) groups is 1. The lowest BCUT2D eigenvalue weighted by Gasteiger charge is -2.21. The van der Waals surface area contributed by atoms with Crippen LogP contribution >= 0.6 is 11.6 Å². The molecule has 6 nitrogen and oxygen atoms in total. The molecule has 0 aliphatic heterocycles. The molecule has 1 heterocycles. The van der Waals surface area contributed by atoms with Gasteiger partial charge in [-0.05, 0) is 55.5 Å². The van der Waals surface area contributed by atoms with Gasteiger partial charge in [0.05, 0.1) is 10.5 Å². The number of rotatable bonds is 10. The average Bonchev–Trinajstić information content (AvgIpc) is 2.97. The van der Waals surface area contributed by atoms with Gasteiger partial charge in [0, 0.05) is 46.4 Å². The zero-order valence-electron chi connectivity index (χ0n) is 23.1. The Balaban J connectivity index is 0.000000631. The lowest BCUT2D eigenvalue weighted by atomic mass is 10.1. The highest BCUT2D eigenvalue weighted by Crippen LogP contribution is 2.29. The molecular weight excluding hydrogens is 528 g/mol. The van der Waals surface area contributed by atoms with E-state index in [1.807, 2.05) is 50.2 Å². The van der Waals surface area contributed by atoms with Crippen LogP contribution in [-0.2, 0) is 11.0 Å². The number of fused-ring (bicyclic) bond motifs is 1.